The maximum Gasteiger partial charge on any atom is 0.478 e. The van der Waals surface area contributed by atoms with Crippen molar-refractivity contribution >= 4 is 6.98 Å². The van der Waals surface area contributed by atoms with Gasteiger partial charge in [0.05, 0.1) is 0 Å². The average Bonchev–Trinajstić information content (AvgIpc) is 1.94. The minimum atomic E-state index is -4.63. The molecule has 0 atom stereocenters. The highest BCUT2D eigenvalue weighted by Gasteiger charge is 2.20. The topological polar surface area (TPSA) is 48.8 Å². The molecule has 0 saturated heterocycles. The zero-order valence-electron chi connectivity index (χ0n) is 6.59. The molecule has 12 heavy (non-hydrogen) atoms. The Bertz CT molecular complexity index is 164. The molecule has 0 aliphatic rings. The lowest BCUT2D eigenvalue weighted by Crippen LogP contribution is -2.13. The summed E-state index contributed by atoms with van der Waals surface area (Å²) in [6.45, 7) is -4.34. The van der Waals surface area contributed by atoms with Gasteiger partial charge in [0.2, 0.25) is 0 Å². The summed E-state index contributed by atoms with van der Waals surface area (Å²) < 4.78 is 34.8. The Morgan fingerprint density at radius 2 is 1.83 bits per heavy atom. The first-order valence-corrected chi connectivity index (χ1v) is 3.78. The van der Waals surface area contributed by atoms with Crippen molar-refractivity contribution in [2.24, 2.45) is 5.11 Å². The van der Waals surface area contributed by atoms with Crippen molar-refractivity contribution in [3.63, 3.8) is 0 Å². The minimum absolute atomic E-state index is 0.143. The maximum atomic E-state index is 11.6. The Morgan fingerprint density at radius 3 is 2.33 bits per heavy atom. The van der Waals surface area contributed by atoms with Gasteiger partial charge in [0.15, 0.2) is 0 Å². The summed E-state index contributed by atoms with van der Waals surface area (Å²) in [5.41, 5.74) is 7.83. The van der Waals surface area contributed by atoms with Crippen molar-refractivity contribution in [1.29, 1.82) is 0 Å². The minimum Gasteiger partial charge on any atom is -0.449 e. The molecule has 0 fully saturated rings. The third-order valence-corrected chi connectivity index (χ3v) is 1.35. The summed E-state index contributed by atoms with van der Waals surface area (Å²) in [5, 5.41) is 3.21. The van der Waals surface area contributed by atoms with Crippen LogP contribution < -0.4 is 0 Å². The summed E-state index contributed by atoms with van der Waals surface area (Å²) in [4.78, 5) is 2.49. The van der Waals surface area contributed by atoms with Gasteiger partial charge in [0.1, 0.15) is 0 Å². The van der Waals surface area contributed by atoms with Gasteiger partial charge in [-0.1, -0.05) is 24.3 Å². The zero-order valence-corrected chi connectivity index (χ0v) is 6.59. The Kier molecular flexibility index (Phi) is 5.37. The van der Waals surface area contributed by atoms with Crippen LogP contribution in [-0.2, 0) is 0 Å². The van der Waals surface area contributed by atoms with Gasteiger partial charge >= 0.3 is 6.98 Å². The smallest absolute Gasteiger partial charge is 0.449 e. The van der Waals surface area contributed by atoms with Crippen molar-refractivity contribution in [3.05, 3.63) is 10.4 Å². The number of hydrogen-bond donors (Lipinski definition) is 0. The number of rotatable bonds is 6. The predicted octanol–water partition coefficient (Wildman–Crippen LogP) is 3.31. The molecule has 0 N–H and O–H groups in total. The van der Waals surface area contributed by atoms with E-state index in [9.17, 15) is 12.9 Å². The SMILES string of the molecule is [N-]=[N+]=NCCCCC[B-](F)(F)F. The van der Waals surface area contributed by atoms with Crippen LogP contribution in [-0.4, -0.2) is 13.5 Å². The molecule has 0 aromatic rings. The number of hydrogen-bond acceptors (Lipinski definition) is 1. The molecule has 0 bridgehead atoms. The fourth-order valence-corrected chi connectivity index (χ4v) is 0.780. The van der Waals surface area contributed by atoms with E-state index in [0.29, 0.717) is 19.4 Å². The average molecular weight is 180 g/mol. The van der Waals surface area contributed by atoms with E-state index in [4.69, 9.17) is 5.53 Å². The van der Waals surface area contributed by atoms with Gasteiger partial charge in [-0.3, -0.25) is 0 Å². The van der Waals surface area contributed by atoms with Crippen molar-refractivity contribution in [3.8, 4) is 0 Å². The van der Waals surface area contributed by atoms with Gasteiger partial charge in [0.25, 0.3) is 0 Å². The van der Waals surface area contributed by atoms with Crippen LogP contribution in [0.4, 0.5) is 12.9 Å². The predicted molar refractivity (Wildman–Crippen MR) is 41.7 cm³/mol. The molecule has 0 saturated carbocycles. The van der Waals surface area contributed by atoms with Crippen LogP contribution in [0.5, 0.6) is 0 Å². The number of azide groups is 1. The second kappa shape index (κ2) is 5.77. The third-order valence-electron chi connectivity index (χ3n) is 1.35. The molecule has 0 rings (SSSR count). The third kappa shape index (κ3) is 9.16. The first kappa shape index (κ1) is 11.2. The van der Waals surface area contributed by atoms with E-state index in [1.54, 1.807) is 0 Å². The normalized spacial score (nSPS) is 10.9. The van der Waals surface area contributed by atoms with E-state index in [1.165, 1.54) is 0 Å². The fourth-order valence-electron chi connectivity index (χ4n) is 0.780. The lowest BCUT2D eigenvalue weighted by atomic mass is 9.83. The molecule has 0 aliphatic carbocycles. The summed E-state index contributed by atoms with van der Waals surface area (Å²) in [6, 6.07) is 0. The largest absolute Gasteiger partial charge is 0.478 e. The highest BCUT2D eigenvalue weighted by atomic mass is 19.4. The molecule has 0 spiro atoms. The number of halogens is 3. The molecular formula is C5H10BF3N3-. The second-order valence-corrected chi connectivity index (χ2v) is 2.51. The van der Waals surface area contributed by atoms with E-state index >= 15 is 0 Å². The highest BCUT2D eigenvalue weighted by Crippen LogP contribution is 2.18. The Balaban J connectivity index is 3.16. The van der Waals surface area contributed by atoms with Crippen LogP contribution in [0, 0.1) is 0 Å². The van der Waals surface area contributed by atoms with Crippen LogP contribution in [0.2, 0.25) is 6.32 Å². The summed E-state index contributed by atoms with van der Waals surface area (Å²) in [7, 11) is 0. The van der Waals surface area contributed by atoms with Crippen LogP contribution in [0.1, 0.15) is 19.3 Å². The van der Waals surface area contributed by atoms with Crippen LogP contribution in [0.25, 0.3) is 10.4 Å². The molecule has 7 heteroatoms. The van der Waals surface area contributed by atoms with E-state index in [0.717, 1.165) is 0 Å². The quantitative estimate of drug-likeness (QED) is 0.198. The first-order valence-electron chi connectivity index (χ1n) is 3.78. The zero-order chi connectivity index (χ0) is 9.45. The van der Waals surface area contributed by atoms with Gasteiger partial charge < -0.3 is 12.9 Å². The molecular weight excluding hydrogens is 170 g/mol. The summed E-state index contributed by atoms with van der Waals surface area (Å²) >= 11 is 0. The summed E-state index contributed by atoms with van der Waals surface area (Å²) in [6.07, 6.45) is 0.469. The van der Waals surface area contributed by atoms with Gasteiger partial charge in [0, 0.05) is 11.5 Å². The van der Waals surface area contributed by atoms with Gasteiger partial charge in [-0.2, -0.15) is 0 Å². The lowest BCUT2D eigenvalue weighted by Gasteiger charge is -2.11. The van der Waals surface area contributed by atoms with Gasteiger partial charge in [-0.25, -0.2) is 0 Å². The molecule has 0 aromatic carbocycles. The molecule has 0 heterocycles. The van der Waals surface area contributed by atoms with Crippen molar-refractivity contribution in [2.45, 2.75) is 25.6 Å². The maximum absolute atomic E-state index is 11.6. The lowest BCUT2D eigenvalue weighted by molar-refractivity contribution is 0.460. The van der Waals surface area contributed by atoms with Crippen LogP contribution in [0.3, 0.4) is 0 Å². The molecule has 0 aliphatic heterocycles. The summed E-state index contributed by atoms with van der Waals surface area (Å²) in [5.74, 6) is 0. The van der Waals surface area contributed by atoms with Crippen molar-refractivity contribution in [1.82, 2.24) is 0 Å². The molecule has 0 amide bonds. The van der Waals surface area contributed by atoms with Crippen LogP contribution >= 0.6 is 0 Å². The fraction of sp³-hybridized carbons (Fsp3) is 1.00. The van der Waals surface area contributed by atoms with E-state index < -0.39 is 13.3 Å². The van der Waals surface area contributed by atoms with E-state index in [2.05, 4.69) is 10.0 Å². The van der Waals surface area contributed by atoms with Gasteiger partial charge in [-0.15, -0.1) is 0 Å². The van der Waals surface area contributed by atoms with E-state index in [-0.39, 0.29) is 6.42 Å². The highest BCUT2D eigenvalue weighted by molar-refractivity contribution is 6.58. The monoisotopic (exact) mass is 180 g/mol. The van der Waals surface area contributed by atoms with Gasteiger partial charge in [-0.05, 0) is 12.0 Å². The van der Waals surface area contributed by atoms with Crippen molar-refractivity contribution < 1.29 is 12.9 Å². The Labute approximate surface area is 68.6 Å². The first-order chi connectivity index (χ1) is 5.56. The number of unbranched alkanes of at least 4 members (excludes halogenated alkanes) is 2. The molecule has 0 unspecified atom stereocenters. The number of nitrogens with zero attached hydrogens (tertiary/aromatic N) is 3. The molecule has 0 radical (unpaired) electrons. The molecule has 3 nitrogen and oxygen atoms in total. The standard InChI is InChI=1S/C5H10BF3N3/c7-6(8,9)4-2-1-3-5-11-12-10/h1-5H2/q-1. The van der Waals surface area contributed by atoms with Crippen LogP contribution in [0.15, 0.2) is 5.11 Å². The molecule has 0 aromatic heterocycles. The van der Waals surface area contributed by atoms with Crippen molar-refractivity contribution in [2.75, 3.05) is 6.54 Å². The second-order valence-electron chi connectivity index (χ2n) is 2.51. The Hall–Kier alpha value is -0.835. The van der Waals surface area contributed by atoms with E-state index in [1.807, 2.05) is 0 Å². The Morgan fingerprint density at radius 1 is 1.17 bits per heavy atom. The molecule has 70 valence electrons.